The molecular formula is C22H25BrN4O4. The number of nitriles is 1. The average Bonchev–Trinajstić information content (AvgIpc) is 2.73. The summed E-state index contributed by atoms with van der Waals surface area (Å²) in [6.07, 6.45) is 1.91. The first-order chi connectivity index (χ1) is 14.9. The standard InChI is InChI=1S/C22H25BrN4O4/c1-4-29-19-8-16(9-24)7-18(23)22(19)30-13-21(28)26-17-5-6-20(25-10-17)27-11-14(2)31-15(3)12-27/h5-8,10,14-15H,4,11-13H2,1-3H3,(H,26,28). The van der Waals surface area contributed by atoms with Crippen molar-refractivity contribution < 1.29 is 19.0 Å². The molecule has 8 nitrogen and oxygen atoms in total. The van der Waals surface area contributed by atoms with E-state index in [1.165, 1.54) is 0 Å². The molecule has 31 heavy (non-hydrogen) atoms. The fourth-order valence-corrected chi connectivity index (χ4v) is 3.94. The SMILES string of the molecule is CCOc1cc(C#N)cc(Br)c1OCC(=O)Nc1ccc(N2CC(C)OC(C)C2)nc1. The van der Waals surface area contributed by atoms with Crippen molar-refractivity contribution in [1.29, 1.82) is 5.26 Å². The van der Waals surface area contributed by atoms with Crippen molar-refractivity contribution in [3.05, 3.63) is 40.5 Å². The Kier molecular flexibility index (Phi) is 7.71. The van der Waals surface area contributed by atoms with Crippen LogP contribution in [0.25, 0.3) is 0 Å². The van der Waals surface area contributed by atoms with Crippen LogP contribution in [0, 0.1) is 11.3 Å². The van der Waals surface area contributed by atoms with Crippen molar-refractivity contribution in [2.45, 2.75) is 33.0 Å². The Balaban J connectivity index is 1.60. The molecule has 0 aliphatic carbocycles. The van der Waals surface area contributed by atoms with E-state index in [1.54, 1.807) is 18.3 Å². The van der Waals surface area contributed by atoms with E-state index in [0.29, 0.717) is 33.8 Å². The number of pyridine rings is 1. The monoisotopic (exact) mass is 488 g/mol. The van der Waals surface area contributed by atoms with Crippen LogP contribution in [0.2, 0.25) is 0 Å². The molecule has 2 unspecified atom stereocenters. The van der Waals surface area contributed by atoms with Crippen LogP contribution >= 0.6 is 15.9 Å². The highest BCUT2D eigenvalue weighted by atomic mass is 79.9. The maximum absolute atomic E-state index is 12.4. The molecule has 0 bridgehead atoms. The van der Waals surface area contributed by atoms with Gasteiger partial charge in [-0.2, -0.15) is 5.26 Å². The smallest absolute Gasteiger partial charge is 0.262 e. The number of nitrogens with zero attached hydrogens (tertiary/aromatic N) is 3. The molecule has 0 saturated carbocycles. The molecule has 0 radical (unpaired) electrons. The number of morpholine rings is 1. The largest absolute Gasteiger partial charge is 0.490 e. The number of nitrogens with one attached hydrogen (secondary N) is 1. The van der Waals surface area contributed by atoms with Crippen LogP contribution in [0.3, 0.4) is 0 Å². The van der Waals surface area contributed by atoms with E-state index >= 15 is 0 Å². The molecule has 1 aromatic carbocycles. The van der Waals surface area contributed by atoms with E-state index in [-0.39, 0.29) is 24.7 Å². The first-order valence-corrected chi connectivity index (χ1v) is 10.8. The lowest BCUT2D eigenvalue weighted by Crippen LogP contribution is -2.45. The summed E-state index contributed by atoms with van der Waals surface area (Å²) in [6, 6.07) is 8.95. The number of aromatic nitrogens is 1. The van der Waals surface area contributed by atoms with E-state index in [1.807, 2.05) is 32.9 Å². The van der Waals surface area contributed by atoms with Crippen LogP contribution in [0.4, 0.5) is 11.5 Å². The van der Waals surface area contributed by atoms with Gasteiger partial charge in [-0.05, 0) is 54.9 Å². The Morgan fingerprint density at radius 1 is 1.32 bits per heavy atom. The van der Waals surface area contributed by atoms with Crippen LogP contribution in [0.1, 0.15) is 26.3 Å². The van der Waals surface area contributed by atoms with Gasteiger partial charge in [-0.25, -0.2) is 4.98 Å². The van der Waals surface area contributed by atoms with Crippen LogP contribution in [-0.4, -0.2) is 49.4 Å². The molecule has 1 N–H and O–H groups in total. The van der Waals surface area contributed by atoms with Crippen molar-refractivity contribution in [3.63, 3.8) is 0 Å². The summed E-state index contributed by atoms with van der Waals surface area (Å²) >= 11 is 3.37. The second kappa shape index (κ2) is 10.5. The van der Waals surface area contributed by atoms with E-state index in [4.69, 9.17) is 19.5 Å². The molecule has 164 valence electrons. The number of carbonyl (C=O) groups is 1. The Bertz CT molecular complexity index is 951. The number of carbonyl (C=O) groups excluding carboxylic acids is 1. The summed E-state index contributed by atoms with van der Waals surface area (Å²) in [4.78, 5) is 19.0. The van der Waals surface area contributed by atoms with Gasteiger partial charge >= 0.3 is 0 Å². The fourth-order valence-electron chi connectivity index (χ4n) is 3.38. The van der Waals surface area contributed by atoms with E-state index in [9.17, 15) is 4.79 Å². The maximum Gasteiger partial charge on any atom is 0.262 e. The van der Waals surface area contributed by atoms with Crippen molar-refractivity contribution >= 4 is 33.3 Å². The van der Waals surface area contributed by atoms with Gasteiger partial charge in [0.05, 0.1) is 46.8 Å². The summed E-state index contributed by atoms with van der Waals surface area (Å²) in [5, 5.41) is 11.9. The summed E-state index contributed by atoms with van der Waals surface area (Å²) in [5.41, 5.74) is 1.01. The molecule has 9 heteroatoms. The normalized spacial score (nSPS) is 18.2. The number of hydrogen-bond acceptors (Lipinski definition) is 7. The predicted octanol–water partition coefficient (Wildman–Crippen LogP) is 3.75. The van der Waals surface area contributed by atoms with E-state index in [2.05, 4.69) is 37.2 Å². The molecule has 1 aromatic heterocycles. The van der Waals surface area contributed by atoms with Gasteiger partial charge in [0.15, 0.2) is 18.1 Å². The van der Waals surface area contributed by atoms with E-state index < -0.39 is 0 Å². The van der Waals surface area contributed by atoms with Crippen molar-refractivity contribution in [1.82, 2.24) is 4.98 Å². The lowest BCUT2D eigenvalue weighted by Gasteiger charge is -2.36. The molecule has 1 fully saturated rings. The van der Waals surface area contributed by atoms with Gasteiger partial charge in [-0.15, -0.1) is 0 Å². The number of benzene rings is 1. The molecule has 2 aromatic rings. The van der Waals surface area contributed by atoms with Gasteiger partial charge in [-0.3, -0.25) is 4.79 Å². The van der Waals surface area contributed by atoms with Crippen molar-refractivity contribution in [2.75, 3.05) is 36.5 Å². The Morgan fingerprint density at radius 3 is 2.68 bits per heavy atom. The van der Waals surface area contributed by atoms with Gasteiger partial charge in [0.2, 0.25) is 0 Å². The first-order valence-electron chi connectivity index (χ1n) is 10.0. The predicted molar refractivity (Wildman–Crippen MR) is 121 cm³/mol. The Labute approximate surface area is 190 Å². The van der Waals surface area contributed by atoms with Crippen molar-refractivity contribution in [3.8, 4) is 17.6 Å². The minimum Gasteiger partial charge on any atom is -0.490 e. The molecular weight excluding hydrogens is 464 g/mol. The molecule has 2 heterocycles. The molecule has 0 spiro atoms. The molecule has 2 atom stereocenters. The van der Waals surface area contributed by atoms with Crippen LogP contribution in [-0.2, 0) is 9.53 Å². The van der Waals surface area contributed by atoms with Gasteiger partial charge in [-0.1, -0.05) is 0 Å². The van der Waals surface area contributed by atoms with Gasteiger partial charge < -0.3 is 24.4 Å². The Hall–Kier alpha value is -2.83. The quantitative estimate of drug-likeness (QED) is 0.633. The van der Waals surface area contributed by atoms with Gasteiger partial charge in [0.25, 0.3) is 5.91 Å². The fraction of sp³-hybridized carbons (Fsp3) is 0.409. The van der Waals surface area contributed by atoms with Crippen LogP contribution in [0.15, 0.2) is 34.9 Å². The lowest BCUT2D eigenvalue weighted by molar-refractivity contribution is -0.118. The van der Waals surface area contributed by atoms with Crippen LogP contribution < -0.4 is 19.7 Å². The number of amides is 1. The highest BCUT2D eigenvalue weighted by molar-refractivity contribution is 9.10. The molecule has 1 amide bonds. The van der Waals surface area contributed by atoms with Gasteiger partial charge in [0.1, 0.15) is 5.82 Å². The zero-order valence-corrected chi connectivity index (χ0v) is 19.3. The molecule has 1 saturated heterocycles. The van der Waals surface area contributed by atoms with E-state index in [0.717, 1.165) is 18.9 Å². The average molecular weight is 489 g/mol. The topological polar surface area (TPSA) is 96.7 Å². The van der Waals surface area contributed by atoms with Crippen molar-refractivity contribution in [2.24, 2.45) is 0 Å². The molecule has 1 aliphatic rings. The van der Waals surface area contributed by atoms with Crippen LogP contribution in [0.5, 0.6) is 11.5 Å². The summed E-state index contributed by atoms with van der Waals surface area (Å²) < 4.78 is 17.5. The number of rotatable bonds is 7. The lowest BCUT2D eigenvalue weighted by atomic mass is 10.2. The number of hydrogen-bond donors (Lipinski definition) is 1. The second-order valence-electron chi connectivity index (χ2n) is 7.23. The summed E-state index contributed by atoms with van der Waals surface area (Å²) in [5.74, 6) is 1.29. The highest BCUT2D eigenvalue weighted by Crippen LogP contribution is 2.36. The zero-order valence-electron chi connectivity index (χ0n) is 17.7. The molecule has 1 aliphatic heterocycles. The first kappa shape index (κ1) is 22.8. The number of ether oxygens (including phenoxy) is 3. The minimum atomic E-state index is -0.332. The third kappa shape index (κ3) is 6.09. The summed E-state index contributed by atoms with van der Waals surface area (Å²) in [6.45, 7) is 7.66. The third-order valence-electron chi connectivity index (χ3n) is 4.56. The Morgan fingerprint density at radius 2 is 2.06 bits per heavy atom. The third-order valence-corrected chi connectivity index (χ3v) is 5.15. The second-order valence-corrected chi connectivity index (χ2v) is 8.09. The minimum absolute atomic E-state index is 0.144. The number of halogens is 1. The zero-order chi connectivity index (χ0) is 22.4. The van der Waals surface area contributed by atoms with Gasteiger partial charge in [0, 0.05) is 19.2 Å². The summed E-state index contributed by atoms with van der Waals surface area (Å²) in [7, 11) is 0. The molecule has 3 rings (SSSR count). The highest BCUT2D eigenvalue weighted by Gasteiger charge is 2.23. The number of anilines is 2. The maximum atomic E-state index is 12.4.